The largest absolute Gasteiger partial charge is 0.489 e. The van der Waals surface area contributed by atoms with Gasteiger partial charge in [-0.3, -0.25) is 19.3 Å². The molecule has 3 aliphatic rings. The van der Waals surface area contributed by atoms with Gasteiger partial charge in [-0.05, 0) is 101 Å². The predicted molar refractivity (Wildman–Crippen MR) is 265 cm³/mol. The van der Waals surface area contributed by atoms with E-state index < -0.39 is 0 Å². The molecule has 65 heavy (non-hydrogen) atoms. The van der Waals surface area contributed by atoms with Crippen LogP contribution in [0.5, 0.6) is 17.2 Å². The second kappa shape index (κ2) is 20.8. The molecule has 0 spiro atoms. The Kier molecular flexibility index (Phi) is 15.0. The Labute approximate surface area is 388 Å². The fourth-order valence-electron chi connectivity index (χ4n) is 8.55. The first kappa shape index (κ1) is 46.9. The van der Waals surface area contributed by atoms with Crippen LogP contribution >= 0.6 is 0 Å². The second-order valence-corrected chi connectivity index (χ2v) is 19.5. The highest BCUT2D eigenvalue weighted by molar-refractivity contribution is 5.96. The van der Waals surface area contributed by atoms with Crippen LogP contribution in [-0.4, -0.2) is 62.1 Å². The number of fused-ring (bicyclic) bond motifs is 2. The summed E-state index contributed by atoms with van der Waals surface area (Å²) in [6, 6.07) is 37.0. The first-order valence-electron chi connectivity index (χ1n) is 23.1. The van der Waals surface area contributed by atoms with Gasteiger partial charge in [0.25, 0.3) is 0 Å². The third kappa shape index (κ3) is 12.8. The molecule has 3 amide bonds. The summed E-state index contributed by atoms with van der Waals surface area (Å²) in [6.45, 7) is 20.1. The zero-order valence-electron chi connectivity index (χ0n) is 39.3. The van der Waals surface area contributed by atoms with Crippen molar-refractivity contribution in [3.8, 4) is 17.2 Å². The maximum atomic E-state index is 13.3. The van der Waals surface area contributed by atoms with Crippen LogP contribution in [0.15, 0.2) is 109 Å². The standard InChI is InChI=1S/C32H38N2O3.C23H28N2O3.2H2/c1-32(2,3)26-11-9-24(10-12-26)28(25-8-6-7-23(19-25)22-34-15-4-5-16-34)21-31(35)33-27-13-14-29-30(20-27)37-18-17-36-29;1-16(26)25-13-14-28-21-15-19(10-11-20(21)25)24-22(27)12-7-17-5-8-18(9-6-17)23(2,3)4;;/h6-14,19-20,28H,4-5,15-18,21-22H2,1-3H3,(H,33,35);5-6,8-11,15H,7,12-14H2,1-4H3,(H,24,27);2*1H. The van der Waals surface area contributed by atoms with Crippen LogP contribution in [0.1, 0.15) is 116 Å². The molecule has 3 aliphatic heterocycles. The molecule has 1 unspecified atom stereocenters. The number of amides is 3. The highest BCUT2D eigenvalue weighted by Gasteiger charge is 2.24. The van der Waals surface area contributed by atoms with Gasteiger partial charge in [0, 0.05) is 58.6 Å². The molecule has 5 aromatic carbocycles. The van der Waals surface area contributed by atoms with E-state index in [1.165, 1.54) is 48.2 Å². The average Bonchev–Trinajstić information content (AvgIpc) is 3.80. The molecule has 0 radical (unpaired) electrons. The average molecular weight is 883 g/mol. The minimum Gasteiger partial charge on any atom is -0.489 e. The zero-order valence-corrected chi connectivity index (χ0v) is 39.3. The molecular formula is C55H70N4O6. The molecule has 1 atom stereocenters. The number of hydrogen-bond acceptors (Lipinski definition) is 7. The number of likely N-dealkylation sites (tertiary alicyclic amines) is 1. The lowest BCUT2D eigenvalue weighted by Crippen LogP contribution is -2.36. The Hall–Kier alpha value is -6.13. The van der Waals surface area contributed by atoms with Crippen molar-refractivity contribution in [2.24, 2.45) is 0 Å². The van der Waals surface area contributed by atoms with Gasteiger partial charge in [0.1, 0.15) is 25.6 Å². The van der Waals surface area contributed by atoms with Crippen molar-refractivity contribution in [2.45, 2.75) is 104 Å². The lowest BCUT2D eigenvalue weighted by atomic mass is 9.83. The number of nitrogens with one attached hydrogen (secondary N) is 2. The fourth-order valence-corrected chi connectivity index (χ4v) is 8.55. The van der Waals surface area contributed by atoms with Crippen LogP contribution in [-0.2, 0) is 38.2 Å². The Morgan fingerprint density at radius 2 is 1.22 bits per heavy atom. The lowest BCUT2D eigenvalue weighted by molar-refractivity contribution is -0.117. The highest BCUT2D eigenvalue weighted by Crippen LogP contribution is 2.36. The van der Waals surface area contributed by atoms with Gasteiger partial charge in [0.15, 0.2) is 11.5 Å². The van der Waals surface area contributed by atoms with E-state index in [1.807, 2.05) is 24.3 Å². The van der Waals surface area contributed by atoms with E-state index in [0.717, 1.165) is 34.8 Å². The summed E-state index contributed by atoms with van der Waals surface area (Å²) in [7, 11) is 0. The predicted octanol–water partition coefficient (Wildman–Crippen LogP) is 11.3. The number of aryl methyl sites for hydroxylation is 1. The van der Waals surface area contributed by atoms with E-state index in [4.69, 9.17) is 14.2 Å². The molecule has 0 bridgehead atoms. The summed E-state index contributed by atoms with van der Waals surface area (Å²) >= 11 is 0. The van der Waals surface area contributed by atoms with Gasteiger partial charge in [-0.2, -0.15) is 0 Å². The SMILES string of the molecule is CC(=O)N1CCOc2cc(NC(=O)CCc3ccc(C(C)(C)C)cc3)ccc21.CC(C)(C)c1ccc(C(CC(=O)Nc2ccc3c(c2)OCCO3)c2cccc(CN3CCCC3)c2)cc1.[HH].[HH]. The van der Waals surface area contributed by atoms with Gasteiger partial charge in [-0.1, -0.05) is 114 Å². The van der Waals surface area contributed by atoms with E-state index in [0.29, 0.717) is 62.8 Å². The van der Waals surface area contributed by atoms with E-state index in [9.17, 15) is 14.4 Å². The number of benzene rings is 5. The van der Waals surface area contributed by atoms with E-state index in [1.54, 1.807) is 24.0 Å². The van der Waals surface area contributed by atoms with E-state index >= 15 is 0 Å². The first-order valence-corrected chi connectivity index (χ1v) is 23.1. The molecule has 5 aromatic rings. The van der Waals surface area contributed by atoms with Crippen LogP contribution in [0.25, 0.3) is 0 Å². The molecular weight excluding hydrogens is 813 g/mol. The topological polar surface area (TPSA) is 109 Å². The summed E-state index contributed by atoms with van der Waals surface area (Å²) in [5.41, 5.74) is 9.72. The Morgan fingerprint density at radius 3 is 1.88 bits per heavy atom. The van der Waals surface area contributed by atoms with Gasteiger partial charge in [0.2, 0.25) is 17.7 Å². The zero-order chi connectivity index (χ0) is 46.1. The van der Waals surface area contributed by atoms with Crippen molar-refractivity contribution in [3.05, 3.63) is 143 Å². The summed E-state index contributed by atoms with van der Waals surface area (Å²) in [5.74, 6) is 1.90. The number of nitrogens with zero attached hydrogens (tertiary/aromatic N) is 2. The number of anilines is 3. The molecule has 0 aromatic heterocycles. The molecule has 0 aliphatic carbocycles. The van der Waals surface area contributed by atoms with Gasteiger partial charge < -0.3 is 29.7 Å². The summed E-state index contributed by atoms with van der Waals surface area (Å²) in [4.78, 5) is 41.6. The highest BCUT2D eigenvalue weighted by atomic mass is 16.6. The monoisotopic (exact) mass is 883 g/mol. The maximum Gasteiger partial charge on any atom is 0.225 e. The van der Waals surface area contributed by atoms with Gasteiger partial charge >= 0.3 is 0 Å². The van der Waals surface area contributed by atoms with Crippen LogP contribution < -0.4 is 29.7 Å². The van der Waals surface area contributed by atoms with Crippen LogP contribution in [0, 0.1) is 0 Å². The molecule has 10 nitrogen and oxygen atoms in total. The number of rotatable bonds is 11. The molecule has 346 valence electrons. The number of carbonyl (C=O) groups excluding carboxylic acids is 3. The normalized spacial score (nSPS) is 15.2. The van der Waals surface area contributed by atoms with Crippen LogP contribution in [0.4, 0.5) is 17.1 Å². The Bertz CT molecular complexity index is 2440. The number of ether oxygens (including phenoxy) is 3. The van der Waals surface area contributed by atoms with Crippen molar-refractivity contribution in [1.82, 2.24) is 4.90 Å². The lowest BCUT2D eigenvalue weighted by Gasteiger charge is -2.29. The van der Waals surface area contributed by atoms with Crippen LogP contribution in [0.2, 0.25) is 0 Å². The summed E-state index contributed by atoms with van der Waals surface area (Å²) < 4.78 is 17.0. The van der Waals surface area contributed by atoms with Crippen LogP contribution in [0.3, 0.4) is 0 Å². The summed E-state index contributed by atoms with van der Waals surface area (Å²) in [5, 5.41) is 6.01. The minimum atomic E-state index is -0.0425. The molecule has 1 saturated heterocycles. The van der Waals surface area contributed by atoms with E-state index in [-0.39, 0.29) is 37.3 Å². The third-order valence-corrected chi connectivity index (χ3v) is 12.3. The van der Waals surface area contributed by atoms with Gasteiger partial charge in [-0.25, -0.2) is 0 Å². The smallest absolute Gasteiger partial charge is 0.225 e. The quantitative estimate of drug-likeness (QED) is 0.136. The Morgan fingerprint density at radius 1 is 0.615 bits per heavy atom. The maximum absolute atomic E-state index is 13.3. The molecule has 2 N–H and O–H groups in total. The summed E-state index contributed by atoms with van der Waals surface area (Å²) in [6.07, 6.45) is 4.02. The van der Waals surface area contributed by atoms with Crippen molar-refractivity contribution in [2.75, 3.05) is 55.0 Å². The molecule has 1 fully saturated rings. The number of carbonyl (C=O) groups is 3. The molecule has 3 heterocycles. The van der Waals surface area contributed by atoms with Crippen molar-refractivity contribution < 1.29 is 31.4 Å². The van der Waals surface area contributed by atoms with Crippen molar-refractivity contribution in [3.63, 3.8) is 0 Å². The van der Waals surface area contributed by atoms with E-state index in [2.05, 4.69) is 130 Å². The number of hydrogen-bond donors (Lipinski definition) is 2. The molecule has 10 heteroatoms. The fraction of sp³-hybridized carbons (Fsp3) is 0.400. The van der Waals surface area contributed by atoms with Gasteiger partial charge in [-0.15, -0.1) is 0 Å². The molecule has 8 rings (SSSR count). The first-order chi connectivity index (χ1) is 31.1. The minimum absolute atomic E-state index is 0. The Balaban J connectivity index is 0.000000253. The van der Waals surface area contributed by atoms with Gasteiger partial charge in [0.05, 0.1) is 12.2 Å². The van der Waals surface area contributed by atoms with Crippen molar-refractivity contribution in [1.29, 1.82) is 0 Å². The third-order valence-electron chi connectivity index (χ3n) is 12.3. The molecule has 0 saturated carbocycles. The second-order valence-electron chi connectivity index (χ2n) is 19.5. The van der Waals surface area contributed by atoms with Crippen molar-refractivity contribution >= 4 is 34.8 Å².